The maximum atomic E-state index is 10.7. The molecule has 0 fully saturated rings. The van der Waals surface area contributed by atoms with Gasteiger partial charge in [0, 0.05) is 20.0 Å². The number of sulfone groups is 1. The second-order valence-electron chi connectivity index (χ2n) is 2.65. The normalized spacial score (nSPS) is 12.6. The highest BCUT2D eigenvalue weighted by Crippen LogP contribution is 1.98. The topological polar surface area (TPSA) is 43.4 Å². The number of methoxy groups -OCH3 is 1. The second kappa shape index (κ2) is 7.55. The molecule has 0 aromatic heterocycles. The molecule has 0 aliphatic rings. The number of hydrogen-bond donors (Lipinski definition) is 0. The van der Waals surface area contributed by atoms with E-state index in [0.717, 1.165) is 0 Å². The van der Waals surface area contributed by atoms with Crippen molar-refractivity contribution >= 4 is 9.84 Å². The van der Waals surface area contributed by atoms with Gasteiger partial charge >= 0.3 is 0 Å². The average Bonchev–Trinajstić information content (AvgIpc) is 1.59. The molecule has 1 atom stereocenters. The predicted octanol–water partition coefficient (Wildman–Crippen LogP) is 1.59. The number of rotatable bonds is 4. The first kappa shape index (κ1) is 17.9. The summed E-state index contributed by atoms with van der Waals surface area (Å²) in [5.41, 5.74) is 0. The Labute approximate surface area is 77.0 Å². The Bertz CT molecular complexity index is 173. The summed E-state index contributed by atoms with van der Waals surface area (Å²) in [7, 11) is -1.26. The van der Waals surface area contributed by atoms with Crippen LogP contribution in [0.3, 0.4) is 0 Å². The van der Waals surface area contributed by atoms with Crippen LogP contribution in [0.5, 0.6) is 0 Å². The molecule has 3 nitrogen and oxygen atoms in total. The fraction of sp³-hybridized carbons (Fsp3) is 1.00. The summed E-state index contributed by atoms with van der Waals surface area (Å²) in [6.45, 7) is 2.36. The van der Waals surface area contributed by atoms with Gasteiger partial charge in [-0.1, -0.05) is 21.8 Å². The Hall–Kier alpha value is -0.0900. The summed E-state index contributed by atoms with van der Waals surface area (Å²) in [4.78, 5) is 0. The molecule has 4 heteroatoms. The van der Waals surface area contributed by atoms with Crippen LogP contribution < -0.4 is 0 Å². The molecule has 0 aliphatic heterocycles. The highest BCUT2D eigenvalue weighted by molar-refractivity contribution is 7.90. The van der Waals surface area contributed by atoms with Gasteiger partial charge in [-0.05, 0) is 5.92 Å². The van der Waals surface area contributed by atoms with Gasteiger partial charge in [0.05, 0.1) is 5.75 Å². The highest BCUT2D eigenvalue weighted by Gasteiger charge is 2.09. The highest BCUT2D eigenvalue weighted by atomic mass is 32.2. The number of ether oxygens (including phenoxy) is 1. The molecule has 0 aromatic carbocycles. The summed E-state index contributed by atoms with van der Waals surface area (Å²) in [5, 5.41) is 0. The molecular weight excluding hydrogens is 176 g/mol. The maximum Gasteiger partial charge on any atom is 0.147 e. The smallest absolute Gasteiger partial charge is 0.147 e. The molecule has 0 heterocycles. The zero-order valence-electron chi connectivity index (χ0n) is 6.62. The quantitative estimate of drug-likeness (QED) is 0.689. The van der Waals surface area contributed by atoms with Gasteiger partial charge in [-0.25, -0.2) is 8.42 Å². The molecule has 12 heavy (non-hydrogen) atoms. The molecule has 0 aromatic rings. The largest absolute Gasteiger partial charge is 0.384 e. The van der Waals surface area contributed by atoms with Gasteiger partial charge < -0.3 is 4.74 Å². The van der Waals surface area contributed by atoms with Crippen molar-refractivity contribution in [2.75, 3.05) is 25.7 Å². The van der Waals surface area contributed by atoms with Crippen LogP contribution in [0, 0.1) is 5.92 Å². The van der Waals surface area contributed by atoms with Crippen molar-refractivity contribution in [3.8, 4) is 0 Å². The average molecular weight is 198 g/mol. The van der Waals surface area contributed by atoms with E-state index < -0.39 is 9.84 Å². The standard InChI is InChI=1S/C6H14O3S.2CH4/c1-6(4-9-2)5-10(3,7)8;;/h6H,4-5H2,1-3H3;2*1H4. The van der Waals surface area contributed by atoms with Crippen LogP contribution in [0.25, 0.3) is 0 Å². The first-order chi connectivity index (χ1) is 4.45. The fourth-order valence-corrected chi connectivity index (χ4v) is 1.98. The van der Waals surface area contributed by atoms with E-state index in [2.05, 4.69) is 0 Å². The Morgan fingerprint density at radius 2 is 1.75 bits per heavy atom. The third-order valence-corrected chi connectivity index (χ3v) is 2.21. The Morgan fingerprint density at radius 3 is 2.00 bits per heavy atom. The van der Waals surface area contributed by atoms with Crippen molar-refractivity contribution < 1.29 is 13.2 Å². The van der Waals surface area contributed by atoms with Crippen molar-refractivity contribution in [1.29, 1.82) is 0 Å². The lowest BCUT2D eigenvalue weighted by molar-refractivity contribution is 0.167. The van der Waals surface area contributed by atoms with E-state index in [0.29, 0.717) is 6.61 Å². The summed E-state index contributed by atoms with van der Waals surface area (Å²) in [5.74, 6) is 0.306. The first-order valence-corrected chi connectivity index (χ1v) is 5.18. The van der Waals surface area contributed by atoms with Crippen LogP contribution in [0.2, 0.25) is 0 Å². The first-order valence-electron chi connectivity index (χ1n) is 3.12. The van der Waals surface area contributed by atoms with Crippen molar-refractivity contribution in [3.05, 3.63) is 0 Å². The van der Waals surface area contributed by atoms with Gasteiger partial charge in [0.2, 0.25) is 0 Å². The monoisotopic (exact) mass is 198 g/mol. The maximum absolute atomic E-state index is 10.7. The van der Waals surface area contributed by atoms with Crippen molar-refractivity contribution in [1.82, 2.24) is 0 Å². The van der Waals surface area contributed by atoms with Crippen molar-refractivity contribution in [2.45, 2.75) is 21.8 Å². The van der Waals surface area contributed by atoms with E-state index in [1.807, 2.05) is 6.92 Å². The minimum absolute atomic E-state index is 0. The van der Waals surface area contributed by atoms with Crippen LogP contribution in [-0.2, 0) is 14.6 Å². The molecule has 0 saturated heterocycles. The van der Waals surface area contributed by atoms with Crippen molar-refractivity contribution in [2.24, 2.45) is 5.92 Å². The minimum atomic E-state index is -2.83. The van der Waals surface area contributed by atoms with E-state index in [1.54, 1.807) is 7.11 Å². The van der Waals surface area contributed by atoms with Gasteiger partial charge in [0.15, 0.2) is 0 Å². The molecule has 0 radical (unpaired) electrons. The molecule has 0 aliphatic carbocycles. The number of hydrogen-bond acceptors (Lipinski definition) is 3. The predicted molar refractivity (Wildman–Crippen MR) is 54.2 cm³/mol. The van der Waals surface area contributed by atoms with Gasteiger partial charge in [0.25, 0.3) is 0 Å². The lowest BCUT2D eigenvalue weighted by Gasteiger charge is -2.06. The zero-order valence-corrected chi connectivity index (χ0v) is 7.44. The molecule has 0 N–H and O–H groups in total. The lowest BCUT2D eigenvalue weighted by Crippen LogP contribution is -2.15. The van der Waals surface area contributed by atoms with Crippen LogP contribution in [0.1, 0.15) is 21.8 Å². The molecule has 0 saturated carbocycles. The van der Waals surface area contributed by atoms with E-state index in [1.165, 1.54) is 6.26 Å². The Kier molecular flexibility index (Phi) is 11.2. The van der Waals surface area contributed by atoms with E-state index >= 15 is 0 Å². The van der Waals surface area contributed by atoms with Crippen molar-refractivity contribution in [3.63, 3.8) is 0 Å². The van der Waals surface area contributed by atoms with Gasteiger partial charge in [0.1, 0.15) is 9.84 Å². The third kappa shape index (κ3) is 12.6. The fourth-order valence-electron chi connectivity index (χ4n) is 0.849. The molecule has 0 rings (SSSR count). The SMILES string of the molecule is C.C.COCC(C)CS(C)(=O)=O. The van der Waals surface area contributed by atoms with E-state index in [-0.39, 0.29) is 26.5 Å². The van der Waals surface area contributed by atoms with Gasteiger partial charge in [-0.3, -0.25) is 0 Å². The Morgan fingerprint density at radius 1 is 1.33 bits per heavy atom. The third-order valence-electron chi connectivity index (χ3n) is 1.04. The van der Waals surface area contributed by atoms with E-state index in [9.17, 15) is 8.42 Å². The summed E-state index contributed by atoms with van der Waals surface area (Å²) in [6, 6.07) is 0. The summed E-state index contributed by atoms with van der Waals surface area (Å²) >= 11 is 0. The zero-order chi connectivity index (χ0) is 8.20. The minimum Gasteiger partial charge on any atom is -0.384 e. The molecule has 1 unspecified atom stereocenters. The van der Waals surface area contributed by atoms with Crippen LogP contribution in [0.15, 0.2) is 0 Å². The molecule has 0 spiro atoms. The van der Waals surface area contributed by atoms with E-state index in [4.69, 9.17) is 4.74 Å². The van der Waals surface area contributed by atoms with Crippen LogP contribution in [-0.4, -0.2) is 34.1 Å². The van der Waals surface area contributed by atoms with Gasteiger partial charge in [-0.15, -0.1) is 0 Å². The lowest BCUT2D eigenvalue weighted by atomic mass is 10.2. The molecule has 78 valence electrons. The molecule has 0 bridgehead atoms. The molecular formula is C8H22O3S. The summed E-state index contributed by atoms with van der Waals surface area (Å²) in [6.07, 6.45) is 1.24. The van der Waals surface area contributed by atoms with Gasteiger partial charge in [-0.2, -0.15) is 0 Å². The molecule has 0 amide bonds. The van der Waals surface area contributed by atoms with Crippen LogP contribution in [0.4, 0.5) is 0 Å². The van der Waals surface area contributed by atoms with Crippen LogP contribution >= 0.6 is 0 Å². The Balaban J connectivity index is -0.000000405. The summed E-state index contributed by atoms with van der Waals surface area (Å²) < 4.78 is 26.1. The second-order valence-corrected chi connectivity index (χ2v) is 4.84.